The van der Waals surface area contributed by atoms with Gasteiger partial charge in [-0.2, -0.15) is 0 Å². The first kappa shape index (κ1) is 29.2. The molecule has 14 radical (unpaired) electrons. The highest BCUT2D eigenvalue weighted by molar-refractivity contribution is 6.69. The maximum atomic E-state index is 7.14. The standard InChI is InChI=1S/C40H17B7O/c41-32-29(33(42)37(46)39-30(32)31-34(43)35(44)36(45)38(47)40(31)48-39)28-24-15-7-5-13-22(24)27(23-14-6-8-16-25(23)28)26-17-18-9-1-2-10-19(18)20-11-3-4-12-21(20)26/h1-17H. The SMILES string of the molecule is [B]c1c([B])c([B])c2c(oc3c([B])c([B])c(-c4c5ccccc5c(-c5cc6ccccc6c6ccccc56)c5ccccc45)c([B])c32)c1[B]. The molecule has 204 valence electrons. The zero-order valence-corrected chi connectivity index (χ0v) is 25.8. The zero-order valence-electron chi connectivity index (χ0n) is 25.8. The molecule has 9 rings (SSSR count). The molecular formula is C40H17B7O. The first-order chi connectivity index (χ1) is 23.3. The molecular weight excluding hydrogens is 572 g/mol. The van der Waals surface area contributed by atoms with Crippen LogP contribution >= 0.6 is 0 Å². The Hall–Kier alpha value is -4.95. The van der Waals surface area contributed by atoms with Crippen molar-refractivity contribution in [1.29, 1.82) is 0 Å². The summed E-state index contributed by atoms with van der Waals surface area (Å²) in [5, 5.41) is 9.68. The van der Waals surface area contributed by atoms with E-state index in [0.29, 0.717) is 21.8 Å². The van der Waals surface area contributed by atoms with Gasteiger partial charge in [0.2, 0.25) is 0 Å². The van der Waals surface area contributed by atoms with Crippen molar-refractivity contribution in [2.24, 2.45) is 0 Å². The van der Waals surface area contributed by atoms with Crippen LogP contribution < -0.4 is 38.2 Å². The van der Waals surface area contributed by atoms with E-state index in [0.717, 1.165) is 38.2 Å². The van der Waals surface area contributed by atoms with Gasteiger partial charge in [0.25, 0.3) is 0 Å². The molecule has 8 heteroatoms. The van der Waals surface area contributed by atoms with Gasteiger partial charge in [0.1, 0.15) is 66.1 Å². The van der Waals surface area contributed by atoms with Crippen LogP contribution in [-0.2, 0) is 0 Å². The first-order valence-electron chi connectivity index (χ1n) is 15.6. The first-order valence-corrected chi connectivity index (χ1v) is 15.6. The van der Waals surface area contributed by atoms with Crippen LogP contribution in [0.25, 0.3) is 87.3 Å². The van der Waals surface area contributed by atoms with E-state index in [2.05, 4.69) is 91.0 Å². The molecule has 0 aliphatic heterocycles. The molecule has 1 heterocycles. The molecule has 0 unspecified atom stereocenters. The Morgan fingerprint density at radius 2 is 0.771 bits per heavy atom. The molecule has 0 fully saturated rings. The lowest BCUT2D eigenvalue weighted by atomic mass is 9.64. The molecule has 0 spiro atoms. The van der Waals surface area contributed by atoms with Gasteiger partial charge >= 0.3 is 0 Å². The molecule has 48 heavy (non-hydrogen) atoms. The van der Waals surface area contributed by atoms with Crippen LogP contribution in [0.5, 0.6) is 0 Å². The van der Waals surface area contributed by atoms with Gasteiger partial charge in [0, 0.05) is 10.8 Å². The second-order valence-electron chi connectivity index (χ2n) is 12.3. The van der Waals surface area contributed by atoms with Crippen LogP contribution in [0, 0.1) is 0 Å². The van der Waals surface area contributed by atoms with Gasteiger partial charge < -0.3 is 4.42 Å². The van der Waals surface area contributed by atoms with Crippen molar-refractivity contribution in [3.05, 3.63) is 103 Å². The average Bonchev–Trinajstić information content (AvgIpc) is 3.53. The Labute approximate surface area is 286 Å². The van der Waals surface area contributed by atoms with Gasteiger partial charge in [-0.15, -0.1) is 10.9 Å². The van der Waals surface area contributed by atoms with Gasteiger partial charge in [0.05, 0.1) is 0 Å². The summed E-state index contributed by atoms with van der Waals surface area (Å²) in [6.07, 6.45) is 0. The maximum absolute atomic E-state index is 7.14. The maximum Gasteiger partial charge on any atom is 0.127 e. The summed E-state index contributed by atoms with van der Waals surface area (Å²) in [4.78, 5) is 0. The molecule has 1 nitrogen and oxygen atoms in total. The van der Waals surface area contributed by atoms with Gasteiger partial charge in [-0.25, -0.2) is 0 Å². The van der Waals surface area contributed by atoms with E-state index >= 15 is 0 Å². The Balaban J connectivity index is 1.48. The minimum absolute atomic E-state index is 0.137. The van der Waals surface area contributed by atoms with Crippen molar-refractivity contribution in [3.63, 3.8) is 0 Å². The normalized spacial score (nSPS) is 11.9. The van der Waals surface area contributed by atoms with Gasteiger partial charge in [-0.05, 0) is 71.4 Å². The van der Waals surface area contributed by atoms with Gasteiger partial charge in [0.15, 0.2) is 0 Å². The summed E-state index contributed by atoms with van der Waals surface area (Å²) in [7, 11) is 46.2. The number of rotatable bonds is 2. The van der Waals surface area contributed by atoms with Crippen molar-refractivity contribution in [2.75, 3.05) is 0 Å². The lowest BCUT2D eigenvalue weighted by Gasteiger charge is -2.23. The summed E-state index contributed by atoms with van der Waals surface area (Å²) < 4.78 is 6.19. The fourth-order valence-electron chi connectivity index (χ4n) is 7.62. The third-order valence-corrected chi connectivity index (χ3v) is 9.85. The molecule has 8 aromatic carbocycles. The lowest BCUT2D eigenvalue weighted by molar-refractivity contribution is 0.675. The number of hydrogen-bond acceptors (Lipinski definition) is 1. The fraction of sp³-hybridized carbons (Fsp3) is 0. The van der Waals surface area contributed by atoms with E-state index < -0.39 is 0 Å². The molecule has 0 N–H and O–H groups in total. The van der Waals surface area contributed by atoms with Crippen molar-refractivity contribution < 1.29 is 4.42 Å². The summed E-state index contributed by atoms with van der Waals surface area (Å²) in [5.41, 5.74) is 5.75. The van der Waals surface area contributed by atoms with Gasteiger partial charge in [-0.3, -0.25) is 0 Å². The summed E-state index contributed by atoms with van der Waals surface area (Å²) >= 11 is 0. The quantitative estimate of drug-likeness (QED) is 0.172. The number of hydrogen-bond donors (Lipinski definition) is 0. The van der Waals surface area contributed by atoms with Crippen molar-refractivity contribution in [2.45, 2.75) is 0 Å². The highest BCUT2D eigenvalue weighted by Crippen LogP contribution is 2.46. The second-order valence-corrected chi connectivity index (χ2v) is 12.3. The predicted molar refractivity (Wildman–Crippen MR) is 212 cm³/mol. The largest absolute Gasteiger partial charge is 0.457 e. The van der Waals surface area contributed by atoms with E-state index in [1.807, 2.05) is 12.1 Å². The van der Waals surface area contributed by atoms with Crippen LogP contribution in [0.1, 0.15) is 0 Å². The van der Waals surface area contributed by atoms with E-state index in [9.17, 15) is 0 Å². The Morgan fingerprint density at radius 1 is 0.333 bits per heavy atom. The molecule has 9 aromatic rings. The van der Waals surface area contributed by atoms with Crippen LogP contribution in [-0.4, -0.2) is 54.9 Å². The molecule has 0 aliphatic carbocycles. The van der Waals surface area contributed by atoms with Crippen LogP contribution in [0.15, 0.2) is 108 Å². The van der Waals surface area contributed by atoms with E-state index in [-0.39, 0.29) is 43.9 Å². The predicted octanol–water partition coefficient (Wildman–Crippen LogP) is 3.09. The third-order valence-electron chi connectivity index (χ3n) is 9.85. The summed E-state index contributed by atoms with van der Waals surface area (Å²) in [5.74, 6) is 0. The number of benzene rings is 8. The molecule has 0 aliphatic rings. The second kappa shape index (κ2) is 10.5. The Kier molecular flexibility index (Phi) is 6.41. The van der Waals surface area contributed by atoms with Gasteiger partial charge in [-0.1, -0.05) is 124 Å². The molecule has 1 aromatic heterocycles. The van der Waals surface area contributed by atoms with Crippen LogP contribution in [0.2, 0.25) is 0 Å². The third kappa shape index (κ3) is 3.83. The minimum Gasteiger partial charge on any atom is -0.457 e. The smallest absolute Gasteiger partial charge is 0.127 e. The van der Waals surface area contributed by atoms with Crippen molar-refractivity contribution in [1.82, 2.24) is 0 Å². The number of fused-ring (bicyclic) bond motifs is 8. The van der Waals surface area contributed by atoms with E-state index in [4.69, 9.17) is 59.3 Å². The monoisotopic (exact) mass is 590 g/mol. The Morgan fingerprint density at radius 3 is 1.38 bits per heavy atom. The molecule has 0 saturated carbocycles. The minimum atomic E-state index is 0.137. The topological polar surface area (TPSA) is 13.1 Å². The Bertz CT molecular complexity index is 2810. The average molecular weight is 589 g/mol. The summed E-state index contributed by atoms with van der Waals surface area (Å²) in [6.45, 7) is 0. The molecule has 0 saturated heterocycles. The fourth-order valence-corrected chi connectivity index (χ4v) is 7.62. The van der Waals surface area contributed by atoms with Crippen LogP contribution in [0.3, 0.4) is 0 Å². The number of furan rings is 1. The molecule has 0 amide bonds. The zero-order chi connectivity index (χ0) is 33.0. The van der Waals surface area contributed by atoms with E-state index in [1.54, 1.807) is 0 Å². The molecule has 0 atom stereocenters. The highest BCUT2D eigenvalue weighted by atomic mass is 16.3. The lowest BCUT2D eigenvalue weighted by Crippen LogP contribution is -2.47. The van der Waals surface area contributed by atoms with Crippen molar-refractivity contribution in [3.8, 4) is 22.3 Å². The van der Waals surface area contributed by atoms with E-state index in [1.165, 1.54) is 21.5 Å². The highest BCUT2D eigenvalue weighted by Gasteiger charge is 2.25. The van der Waals surface area contributed by atoms with Crippen molar-refractivity contribution >= 4 is 158 Å². The van der Waals surface area contributed by atoms with Crippen LogP contribution in [0.4, 0.5) is 0 Å². The summed E-state index contributed by atoms with van der Waals surface area (Å²) in [6, 6.07) is 36.0. The molecule has 0 bridgehead atoms.